The highest BCUT2D eigenvalue weighted by Gasteiger charge is 2.41. The van der Waals surface area contributed by atoms with Crippen molar-refractivity contribution < 1.29 is 13.9 Å². The second kappa shape index (κ2) is 8.49. The van der Waals surface area contributed by atoms with Crippen molar-refractivity contribution in [2.45, 2.75) is 50.4 Å². The lowest BCUT2D eigenvalue weighted by Gasteiger charge is -2.40. The predicted molar refractivity (Wildman–Crippen MR) is 101 cm³/mol. The number of nitrogens with one attached hydrogen (secondary N) is 2. The van der Waals surface area contributed by atoms with Crippen molar-refractivity contribution in [1.29, 1.82) is 0 Å². The molecule has 0 atom stereocenters. The molecular weight excluding hydrogens is 331 g/mol. The first-order valence-corrected chi connectivity index (χ1v) is 9.84. The molecule has 0 unspecified atom stereocenters. The van der Waals surface area contributed by atoms with E-state index in [9.17, 15) is 9.18 Å². The highest BCUT2D eigenvalue weighted by Crippen LogP contribution is 2.39. The number of rotatable bonds is 6. The lowest BCUT2D eigenvalue weighted by molar-refractivity contribution is -0.136. The van der Waals surface area contributed by atoms with Gasteiger partial charge in [-0.1, -0.05) is 31.4 Å². The molecule has 1 aliphatic carbocycles. The number of benzene rings is 1. The molecule has 2 N–H and O–H groups in total. The third kappa shape index (κ3) is 4.09. The molecule has 1 aromatic rings. The van der Waals surface area contributed by atoms with E-state index in [0.29, 0.717) is 13.2 Å². The highest BCUT2D eigenvalue weighted by atomic mass is 19.1. The largest absolute Gasteiger partial charge is 0.384 e. The topological polar surface area (TPSA) is 50.4 Å². The molecule has 2 fully saturated rings. The van der Waals surface area contributed by atoms with Gasteiger partial charge in [0, 0.05) is 19.1 Å². The Bertz CT molecular complexity index is 585. The fourth-order valence-electron chi connectivity index (χ4n) is 4.66. The van der Waals surface area contributed by atoms with Gasteiger partial charge in [0.15, 0.2) is 0 Å². The summed E-state index contributed by atoms with van der Waals surface area (Å²) in [7, 11) is 1.66. The van der Waals surface area contributed by atoms with Crippen molar-refractivity contribution in [3.05, 3.63) is 35.6 Å². The van der Waals surface area contributed by atoms with E-state index in [2.05, 4.69) is 10.6 Å². The Kier molecular flexibility index (Phi) is 6.30. The van der Waals surface area contributed by atoms with Crippen LogP contribution in [0.4, 0.5) is 4.39 Å². The van der Waals surface area contributed by atoms with Crippen LogP contribution in [-0.2, 0) is 14.9 Å². The zero-order valence-electron chi connectivity index (χ0n) is 15.8. The Labute approximate surface area is 155 Å². The number of piperidine rings is 1. The fourth-order valence-corrected chi connectivity index (χ4v) is 4.66. The van der Waals surface area contributed by atoms with E-state index >= 15 is 0 Å². The van der Waals surface area contributed by atoms with Gasteiger partial charge < -0.3 is 15.4 Å². The molecular formula is C21H31FN2O2. The standard InChI is InChI=1S/C21H31FN2O2/c1-26-16-21(11-13-23-14-12-21)19(25)24-15-20(9-3-2-4-10-20)17-5-7-18(22)8-6-17/h5-8,23H,2-4,9-16H2,1H3,(H,24,25). The highest BCUT2D eigenvalue weighted by molar-refractivity contribution is 5.83. The molecule has 5 heteroatoms. The van der Waals surface area contributed by atoms with Gasteiger partial charge in [-0.25, -0.2) is 4.39 Å². The smallest absolute Gasteiger partial charge is 0.228 e. The lowest BCUT2D eigenvalue weighted by Crippen LogP contribution is -2.53. The average molecular weight is 362 g/mol. The maximum Gasteiger partial charge on any atom is 0.228 e. The summed E-state index contributed by atoms with van der Waals surface area (Å²) >= 11 is 0. The van der Waals surface area contributed by atoms with Gasteiger partial charge in [-0.15, -0.1) is 0 Å². The fraction of sp³-hybridized carbons (Fsp3) is 0.667. The SMILES string of the molecule is COCC1(C(=O)NCC2(c3ccc(F)cc3)CCCCC2)CCNCC1. The minimum Gasteiger partial charge on any atom is -0.384 e. The Balaban J connectivity index is 1.75. The Morgan fingerprint density at radius 1 is 1.12 bits per heavy atom. The van der Waals surface area contributed by atoms with Crippen LogP contribution in [0.25, 0.3) is 0 Å². The summed E-state index contributed by atoms with van der Waals surface area (Å²) in [4.78, 5) is 13.1. The molecule has 0 bridgehead atoms. The van der Waals surface area contributed by atoms with Gasteiger partial charge in [-0.05, 0) is 56.5 Å². The summed E-state index contributed by atoms with van der Waals surface area (Å²) in [6.07, 6.45) is 7.22. The summed E-state index contributed by atoms with van der Waals surface area (Å²) in [6.45, 7) is 2.78. The van der Waals surface area contributed by atoms with Gasteiger partial charge in [0.05, 0.1) is 12.0 Å². The van der Waals surface area contributed by atoms with Gasteiger partial charge in [0.2, 0.25) is 5.91 Å². The molecule has 3 rings (SSSR count). The molecule has 1 saturated heterocycles. The molecule has 144 valence electrons. The van der Waals surface area contributed by atoms with E-state index in [-0.39, 0.29) is 17.1 Å². The van der Waals surface area contributed by atoms with Crippen molar-refractivity contribution in [3.63, 3.8) is 0 Å². The quantitative estimate of drug-likeness (QED) is 0.817. The molecule has 26 heavy (non-hydrogen) atoms. The monoisotopic (exact) mass is 362 g/mol. The number of carbonyl (C=O) groups excluding carboxylic acids is 1. The molecule has 1 aliphatic heterocycles. The van der Waals surface area contributed by atoms with E-state index in [4.69, 9.17) is 4.74 Å². The third-order valence-corrected chi connectivity index (χ3v) is 6.32. The number of methoxy groups -OCH3 is 1. The van der Waals surface area contributed by atoms with Crippen LogP contribution in [0.5, 0.6) is 0 Å². The molecule has 4 nitrogen and oxygen atoms in total. The van der Waals surface area contributed by atoms with Crippen LogP contribution in [0.2, 0.25) is 0 Å². The van der Waals surface area contributed by atoms with Gasteiger partial charge in [-0.2, -0.15) is 0 Å². The van der Waals surface area contributed by atoms with Crippen LogP contribution in [0.15, 0.2) is 24.3 Å². The molecule has 1 aromatic carbocycles. The molecule has 2 aliphatic rings. The number of halogens is 1. The maximum absolute atomic E-state index is 13.4. The molecule has 1 saturated carbocycles. The second-order valence-corrected chi connectivity index (χ2v) is 7.99. The van der Waals surface area contributed by atoms with Crippen molar-refractivity contribution in [1.82, 2.24) is 10.6 Å². The molecule has 0 radical (unpaired) electrons. The van der Waals surface area contributed by atoms with E-state index in [1.54, 1.807) is 7.11 Å². The van der Waals surface area contributed by atoms with Crippen molar-refractivity contribution in [2.75, 3.05) is 33.4 Å². The summed E-state index contributed by atoms with van der Waals surface area (Å²) in [5, 5.41) is 6.59. The predicted octanol–water partition coefficient (Wildman–Crippen LogP) is 3.16. The number of carbonyl (C=O) groups is 1. The molecule has 1 amide bonds. The molecule has 0 spiro atoms. The Hall–Kier alpha value is -1.46. The number of hydrogen-bond donors (Lipinski definition) is 2. The van der Waals surface area contributed by atoms with Crippen LogP contribution in [0.1, 0.15) is 50.5 Å². The third-order valence-electron chi connectivity index (χ3n) is 6.32. The van der Waals surface area contributed by atoms with E-state index in [1.165, 1.54) is 18.6 Å². The summed E-state index contributed by atoms with van der Waals surface area (Å²) < 4.78 is 18.8. The first-order valence-electron chi connectivity index (χ1n) is 9.84. The summed E-state index contributed by atoms with van der Waals surface area (Å²) in [6, 6.07) is 6.85. The maximum atomic E-state index is 13.4. The van der Waals surface area contributed by atoms with Gasteiger partial charge >= 0.3 is 0 Å². The second-order valence-electron chi connectivity index (χ2n) is 7.99. The number of ether oxygens (including phenoxy) is 1. The number of amides is 1. The van der Waals surface area contributed by atoms with E-state index in [1.807, 2.05) is 12.1 Å². The van der Waals surface area contributed by atoms with Gasteiger partial charge in [-0.3, -0.25) is 4.79 Å². The first-order chi connectivity index (χ1) is 12.6. The van der Waals surface area contributed by atoms with Crippen LogP contribution in [-0.4, -0.2) is 39.3 Å². The first kappa shape index (κ1) is 19.3. The van der Waals surface area contributed by atoms with Crippen LogP contribution in [0, 0.1) is 11.2 Å². The van der Waals surface area contributed by atoms with Gasteiger partial charge in [0.25, 0.3) is 0 Å². The van der Waals surface area contributed by atoms with Crippen LogP contribution in [0.3, 0.4) is 0 Å². The van der Waals surface area contributed by atoms with Gasteiger partial charge in [0.1, 0.15) is 5.82 Å². The summed E-state index contributed by atoms with van der Waals surface area (Å²) in [5.41, 5.74) is 0.631. The minimum atomic E-state index is -0.432. The molecule has 1 heterocycles. The minimum absolute atomic E-state index is 0.0806. The van der Waals surface area contributed by atoms with Crippen molar-refractivity contribution >= 4 is 5.91 Å². The molecule has 0 aromatic heterocycles. The number of hydrogen-bond acceptors (Lipinski definition) is 3. The Morgan fingerprint density at radius 3 is 2.38 bits per heavy atom. The normalized spacial score (nSPS) is 21.9. The lowest BCUT2D eigenvalue weighted by atomic mass is 9.69. The summed E-state index contributed by atoms with van der Waals surface area (Å²) in [5.74, 6) is -0.106. The van der Waals surface area contributed by atoms with Crippen molar-refractivity contribution in [3.8, 4) is 0 Å². The van der Waals surface area contributed by atoms with Crippen LogP contribution < -0.4 is 10.6 Å². The zero-order valence-corrected chi connectivity index (χ0v) is 15.8. The van der Waals surface area contributed by atoms with Crippen LogP contribution >= 0.6 is 0 Å². The Morgan fingerprint density at radius 2 is 1.77 bits per heavy atom. The van der Waals surface area contributed by atoms with E-state index in [0.717, 1.165) is 57.2 Å². The van der Waals surface area contributed by atoms with Crippen molar-refractivity contribution in [2.24, 2.45) is 5.41 Å². The average Bonchev–Trinajstić information content (AvgIpc) is 2.68. The van der Waals surface area contributed by atoms with E-state index < -0.39 is 5.41 Å². The zero-order chi connectivity index (χ0) is 18.5.